The highest BCUT2D eigenvalue weighted by Crippen LogP contribution is 2.09. The van der Waals surface area contributed by atoms with E-state index >= 15 is 0 Å². The highest BCUT2D eigenvalue weighted by molar-refractivity contribution is 5.47. The van der Waals surface area contributed by atoms with Crippen LogP contribution in [-0.2, 0) is 4.74 Å². The Morgan fingerprint density at radius 3 is 3.29 bits per heavy atom. The molecule has 17 heavy (non-hydrogen) atoms. The molecule has 0 bridgehead atoms. The Kier molecular flexibility index (Phi) is 2.36. The molecular formula is C10H10N6O. The number of fused-ring (bicyclic) bond motifs is 1. The Hall–Kier alpha value is -2.17. The molecule has 1 fully saturated rings. The van der Waals surface area contributed by atoms with Crippen LogP contribution in [0.25, 0.3) is 5.65 Å². The number of aromatic nitrogens is 3. The number of nitrogens with one attached hydrogen (secondary N) is 2. The van der Waals surface area contributed by atoms with Gasteiger partial charge < -0.3 is 10.1 Å². The Morgan fingerprint density at radius 1 is 1.59 bits per heavy atom. The summed E-state index contributed by atoms with van der Waals surface area (Å²) in [6, 6.07) is 5.68. The summed E-state index contributed by atoms with van der Waals surface area (Å²) in [5.41, 5.74) is 1.07. The first kappa shape index (κ1) is 10.0. The second-order valence-electron chi connectivity index (χ2n) is 3.66. The van der Waals surface area contributed by atoms with Gasteiger partial charge in [-0.1, -0.05) is 0 Å². The van der Waals surface area contributed by atoms with E-state index < -0.39 is 0 Å². The standard InChI is InChI=1S/C10H10N6O/c11-3-7-4-12-10-2-1-8(15-16(7)10)14-9-5-17-6-13-9/h1-2,4,9,13H,5-6H2,(H,14,15). The molecule has 0 radical (unpaired) electrons. The lowest BCUT2D eigenvalue weighted by Gasteiger charge is -2.11. The van der Waals surface area contributed by atoms with E-state index in [0.29, 0.717) is 30.5 Å². The zero-order chi connectivity index (χ0) is 11.7. The van der Waals surface area contributed by atoms with Crippen molar-refractivity contribution >= 4 is 11.5 Å². The summed E-state index contributed by atoms with van der Waals surface area (Å²) in [6.45, 7) is 1.13. The number of nitrogens with zero attached hydrogens (tertiary/aromatic N) is 4. The molecule has 2 aromatic rings. The van der Waals surface area contributed by atoms with Crippen molar-refractivity contribution in [1.29, 1.82) is 5.26 Å². The Balaban J connectivity index is 1.92. The highest BCUT2D eigenvalue weighted by Gasteiger charge is 2.14. The van der Waals surface area contributed by atoms with Crippen LogP contribution >= 0.6 is 0 Å². The summed E-state index contributed by atoms with van der Waals surface area (Å²) in [7, 11) is 0. The Morgan fingerprint density at radius 2 is 2.53 bits per heavy atom. The maximum Gasteiger partial charge on any atom is 0.162 e. The van der Waals surface area contributed by atoms with E-state index in [1.165, 1.54) is 10.7 Å². The molecule has 1 saturated heterocycles. The van der Waals surface area contributed by atoms with Gasteiger partial charge in [0.1, 0.15) is 18.1 Å². The van der Waals surface area contributed by atoms with Crippen LogP contribution in [0.3, 0.4) is 0 Å². The monoisotopic (exact) mass is 230 g/mol. The van der Waals surface area contributed by atoms with Crippen LogP contribution in [0.5, 0.6) is 0 Å². The van der Waals surface area contributed by atoms with Gasteiger partial charge in [0, 0.05) is 0 Å². The lowest BCUT2D eigenvalue weighted by molar-refractivity contribution is 0.191. The van der Waals surface area contributed by atoms with E-state index in [2.05, 4.69) is 20.7 Å². The number of rotatable bonds is 2. The molecule has 1 atom stereocenters. The number of nitriles is 1. The summed E-state index contributed by atoms with van der Waals surface area (Å²) in [6.07, 6.45) is 1.55. The van der Waals surface area contributed by atoms with E-state index in [1.807, 2.05) is 18.2 Å². The van der Waals surface area contributed by atoms with Crippen LogP contribution in [0.4, 0.5) is 5.82 Å². The minimum atomic E-state index is 0.0500. The molecule has 86 valence electrons. The van der Waals surface area contributed by atoms with Gasteiger partial charge in [0.25, 0.3) is 0 Å². The third-order valence-corrected chi connectivity index (χ3v) is 2.52. The van der Waals surface area contributed by atoms with Gasteiger partial charge in [0.05, 0.1) is 19.5 Å². The number of hydrogen-bond donors (Lipinski definition) is 2. The van der Waals surface area contributed by atoms with Crippen molar-refractivity contribution < 1.29 is 4.74 Å². The van der Waals surface area contributed by atoms with Gasteiger partial charge in [-0.3, -0.25) is 5.32 Å². The fourth-order valence-corrected chi connectivity index (χ4v) is 1.69. The van der Waals surface area contributed by atoms with Gasteiger partial charge in [0.15, 0.2) is 11.3 Å². The molecule has 0 spiro atoms. The number of hydrogen-bond acceptors (Lipinski definition) is 6. The summed E-state index contributed by atoms with van der Waals surface area (Å²) in [5, 5.41) is 19.5. The molecule has 1 aliphatic rings. The fraction of sp³-hybridized carbons (Fsp3) is 0.300. The van der Waals surface area contributed by atoms with Crippen LogP contribution in [-0.4, -0.2) is 34.1 Å². The number of imidazole rings is 1. The van der Waals surface area contributed by atoms with E-state index in [0.717, 1.165) is 0 Å². The second-order valence-corrected chi connectivity index (χ2v) is 3.66. The van der Waals surface area contributed by atoms with E-state index in [9.17, 15) is 0 Å². The van der Waals surface area contributed by atoms with Crippen molar-refractivity contribution in [3.05, 3.63) is 24.0 Å². The van der Waals surface area contributed by atoms with Crippen LogP contribution in [0, 0.1) is 11.3 Å². The molecule has 2 N–H and O–H groups in total. The maximum atomic E-state index is 8.90. The Bertz CT molecular complexity index is 580. The minimum Gasteiger partial charge on any atom is -0.363 e. The molecule has 0 aromatic carbocycles. The van der Waals surface area contributed by atoms with E-state index in [-0.39, 0.29) is 6.17 Å². The molecule has 0 saturated carbocycles. The zero-order valence-corrected chi connectivity index (χ0v) is 8.92. The minimum absolute atomic E-state index is 0.0500. The fourth-order valence-electron chi connectivity index (χ4n) is 1.69. The molecule has 1 unspecified atom stereocenters. The van der Waals surface area contributed by atoms with Gasteiger partial charge in [-0.2, -0.15) is 5.26 Å². The van der Waals surface area contributed by atoms with Crippen molar-refractivity contribution in [2.24, 2.45) is 0 Å². The normalized spacial score (nSPS) is 19.4. The average Bonchev–Trinajstić information content (AvgIpc) is 2.97. The van der Waals surface area contributed by atoms with Crippen molar-refractivity contribution in [2.45, 2.75) is 6.17 Å². The van der Waals surface area contributed by atoms with Gasteiger partial charge in [-0.15, -0.1) is 5.10 Å². The van der Waals surface area contributed by atoms with Crippen molar-refractivity contribution in [2.75, 3.05) is 18.7 Å². The predicted octanol–water partition coefficient (Wildman–Crippen LogP) is -0.0837. The zero-order valence-electron chi connectivity index (χ0n) is 8.92. The predicted molar refractivity (Wildman–Crippen MR) is 59.1 cm³/mol. The van der Waals surface area contributed by atoms with Gasteiger partial charge in [0.2, 0.25) is 0 Å². The smallest absolute Gasteiger partial charge is 0.162 e. The molecule has 7 nitrogen and oxygen atoms in total. The van der Waals surface area contributed by atoms with Gasteiger partial charge >= 0.3 is 0 Å². The third-order valence-electron chi connectivity index (χ3n) is 2.52. The highest BCUT2D eigenvalue weighted by atomic mass is 16.5. The summed E-state index contributed by atoms with van der Waals surface area (Å²) >= 11 is 0. The van der Waals surface area contributed by atoms with Crippen LogP contribution in [0.2, 0.25) is 0 Å². The van der Waals surface area contributed by atoms with Crippen LogP contribution < -0.4 is 10.6 Å². The molecule has 0 amide bonds. The molecule has 3 rings (SSSR count). The first-order valence-electron chi connectivity index (χ1n) is 5.19. The summed E-state index contributed by atoms with van der Waals surface area (Å²) < 4.78 is 6.69. The lowest BCUT2D eigenvalue weighted by atomic mass is 10.4. The van der Waals surface area contributed by atoms with Crippen molar-refractivity contribution in [3.63, 3.8) is 0 Å². The topological polar surface area (TPSA) is 87.3 Å². The molecule has 1 aliphatic heterocycles. The molecule has 0 aliphatic carbocycles. The number of ether oxygens (including phenoxy) is 1. The molecular weight excluding hydrogens is 220 g/mol. The summed E-state index contributed by atoms with van der Waals surface area (Å²) in [5.74, 6) is 0.676. The lowest BCUT2D eigenvalue weighted by Crippen LogP contribution is -2.32. The van der Waals surface area contributed by atoms with Crippen LogP contribution in [0.1, 0.15) is 5.69 Å². The third kappa shape index (κ3) is 1.80. The first-order valence-corrected chi connectivity index (χ1v) is 5.19. The van der Waals surface area contributed by atoms with Crippen molar-refractivity contribution in [1.82, 2.24) is 19.9 Å². The van der Waals surface area contributed by atoms with Gasteiger partial charge in [-0.25, -0.2) is 9.50 Å². The van der Waals surface area contributed by atoms with Crippen LogP contribution in [0.15, 0.2) is 18.3 Å². The van der Waals surface area contributed by atoms with E-state index in [4.69, 9.17) is 10.00 Å². The molecule has 2 aromatic heterocycles. The average molecular weight is 230 g/mol. The summed E-state index contributed by atoms with van der Waals surface area (Å²) in [4.78, 5) is 4.07. The van der Waals surface area contributed by atoms with E-state index in [1.54, 1.807) is 0 Å². The first-order chi connectivity index (χ1) is 8.36. The molecule has 7 heteroatoms. The quantitative estimate of drug-likeness (QED) is 0.750. The SMILES string of the molecule is N#Cc1cnc2ccc(NC3COCN3)nn12. The van der Waals surface area contributed by atoms with Gasteiger partial charge in [-0.05, 0) is 12.1 Å². The maximum absolute atomic E-state index is 8.90. The second kappa shape index (κ2) is 4.01. The largest absolute Gasteiger partial charge is 0.363 e. The molecule has 3 heterocycles. The number of anilines is 1. The van der Waals surface area contributed by atoms with Crippen molar-refractivity contribution in [3.8, 4) is 6.07 Å². The Labute approximate surface area is 97.0 Å².